The lowest BCUT2D eigenvalue weighted by Gasteiger charge is -2.09. The Morgan fingerprint density at radius 3 is 2.33 bits per heavy atom. The number of benzene rings is 2. The Morgan fingerprint density at radius 2 is 1.67 bits per heavy atom. The first kappa shape index (κ1) is 17.2. The highest BCUT2D eigenvalue weighted by molar-refractivity contribution is 5.94. The Kier molecular flexibility index (Phi) is 4.36. The molecule has 0 fully saturated rings. The van der Waals surface area contributed by atoms with Crippen LogP contribution in [0.3, 0.4) is 0 Å². The van der Waals surface area contributed by atoms with E-state index in [1.807, 2.05) is 11.5 Å². The second kappa shape index (κ2) is 6.83. The van der Waals surface area contributed by atoms with Gasteiger partial charge in [0, 0.05) is 17.1 Å². The maximum atomic E-state index is 13.3. The van der Waals surface area contributed by atoms with Crippen LogP contribution >= 0.6 is 0 Å². The van der Waals surface area contributed by atoms with Crippen molar-refractivity contribution in [2.24, 2.45) is 0 Å². The quantitative estimate of drug-likeness (QED) is 0.524. The molecule has 0 aliphatic heterocycles. The van der Waals surface area contributed by atoms with E-state index in [-0.39, 0.29) is 5.82 Å². The van der Waals surface area contributed by atoms with Gasteiger partial charge in [-0.05, 0) is 67.8 Å². The molecule has 4 rings (SSSR count). The number of rotatable bonds is 4. The molecule has 4 nitrogen and oxygen atoms in total. The molecule has 4 aromatic rings. The Hall–Kier alpha value is -3.21. The zero-order valence-electron chi connectivity index (χ0n) is 15.6. The van der Waals surface area contributed by atoms with Gasteiger partial charge in [0.15, 0.2) is 5.65 Å². The van der Waals surface area contributed by atoms with Crippen molar-refractivity contribution in [3.05, 3.63) is 77.5 Å². The highest BCUT2D eigenvalue weighted by atomic mass is 19.1. The van der Waals surface area contributed by atoms with E-state index in [9.17, 15) is 4.39 Å². The number of hydrogen-bond donors (Lipinski definition) is 1. The van der Waals surface area contributed by atoms with Crippen LogP contribution < -0.4 is 5.32 Å². The number of nitrogens with zero attached hydrogens (tertiary/aromatic N) is 3. The van der Waals surface area contributed by atoms with Gasteiger partial charge in [-0.25, -0.2) is 14.4 Å². The van der Waals surface area contributed by atoms with Crippen molar-refractivity contribution in [1.82, 2.24) is 14.5 Å². The molecule has 0 bridgehead atoms. The Morgan fingerprint density at radius 1 is 0.963 bits per heavy atom. The first-order valence-corrected chi connectivity index (χ1v) is 9.03. The van der Waals surface area contributed by atoms with Gasteiger partial charge >= 0.3 is 0 Å². The van der Waals surface area contributed by atoms with Gasteiger partial charge in [0.2, 0.25) is 0 Å². The highest BCUT2D eigenvalue weighted by Crippen LogP contribution is 2.32. The molecule has 5 heteroatoms. The zero-order chi connectivity index (χ0) is 19.0. The molecule has 0 spiro atoms. The fourth-order valence-corrected chi connectivity index (χ4v) is 3.36. The summed E-state index contributed by atoms with van der Waals surface area (Å²) >= 11 is 0. The molecular formula is C22H21FN4. The molecule has 0 atom stereocenters. The lowest BCUT2D eigenvalue weighted by atomic mass is 10.1. The van der Waals surface area contributed by atoms with Gasteiger partial charge in [-0.1, -0.05) is 19.1 Å². The van der Waals surface area contributed by atoms with Crippen molar-refractivity contribution in [2.75, 3.05) is 5.32 Å². The summed E-state index contributed by atoms with van der Waals surface area (Å²) in [5.74, 6) is 0.516. The minimum Gasteiger partial charge on any atom is -0.340 e. The summed E-state index contributed by atoms with van der Waals surface area (Å²) in [5, 5.41) is 4.39. The van der Waals surface area contributed by atoms with E-state index in [1.54, 1.807) is 18.5 Å². The molecule has 2 aromatic carbocycles. The van der Waals surface area contributed by atoms with Gasteiger partial charge in [0.25, 0.3) is 0 Å². The normalized spacial score (nSPS) is 11.1. The van der Waals surface area contributed by atoms with E-state index < -0.39 is 0 Å². The molecule has 0 aliphatic carbocycles. The van der Waals surface area contributed by atoms with E-state index in [0.717, 1.165) is 45.9 Å². The van der Waals surface area contributed by atoms with E-state index in [0.29, 0.717) is 0 Å². The maximum absolute atomic E-state index is 13.3. The highest BCUT2D eigenvalue weighted by Gasteiger charge is 2.17. The Balaban J connectivity index is 1.83. The summed E-state index contributed by atoms with van der Waals surface area (Å²) < 4.78 is 15.4. The summed E-state index contributed by atoms with van der Waals surface area (Å²) in [6.07, 6.45) is 2.57. The van der Waals surface area contributed by atoms with Crippen LogP contribution in [-0.2, 0) is 6.42 Å². The monoisotopic (exact) mass is 360 g/mol. The second-order valence-corrected chi connectivity index (χ2v) is 6.62. The molecule has 0 radical (unpaired) electrons. The van der Waals surface area contributed by atoms with Crippen molar-refractivity contribution in [3.63, 3.8) is 0 Å². The number of anilines is 2. The number of aryl methyl sites for hydroxylation is 2. The number of nitrogens with one attached hydrogen (secondary N) is 1. The predicted molar refractivity (Wildman–Crippen MR) is 107 cm³/mol. The van der Waals surface area contributed by atoms with Gasteiger partial charge < -0.3 is 5.32 Å². The molecule has 27 heavy (non-hydrogen) atoms. The maximum Gasteiger partial charge on any atom is 0.150 e. The zero-order valence-corrected chi connectivity index (χ0v) is 15.6. The third-order valence-corrected chi connectivity index (χ3v) is 5.00. The van der Waals surface area contributed by atoms with Crippen LogP contribution in [-0.4, -0.2) is 14.5 Å². The molecule has 0 saturated heterocycles. The second-order valence-electron chi connectivity index (χ2n) is 6.62. The molecule has 0 saturated carbocycles. The topological polar surface area (TPSA) is 42.7 Å². The van der Waals surface area contributed by atoms with Crippen LogP contribution in [0.1, 0.15) is 23.7 Å². The van der Waals surface area contributed by atoms with E-state index in [4.69, 9.17) is 0 Å². The molecule has 0 aliphatic rings. The lowest BCUT2D eigenvalue weighted by molar-refractivity contribution is 0.627. The van der Waals surface area contributed by atoms with Gasteiger partial charge in [-0.3, -0.25) is 4.57 Å². The van der Waals surface area contributed by atoms with Crippen molar-refractivity contribution in [2.45, 2.75) is 27.2 Å². The first-order chi connectivity index (χ1) is 13.1. The summed E-state index contributed by atoms with van der Waals surface area (Å²) in [7, 11) is 0. The van der Waals surface area contributed by atoms with E-state index in [1.165, 1.54) is 17.7 Å². The van der Waals surface area contributed by atoms with Crippen LogP contribution in [0.25, 0.3) is 16.7 Å². The predicted octanol–water partition coefficient (Wildman–Crippen LogP) is 5.48. The molecule has 0 unspecified atom stereocenters. The molecule has 0 amide bonds. The van der Waals surface area contributed by atoms with Gasteiger partial charge in [-0.2, -0.15) is 0 Å². The fraction of sp³-hybridized carbons (Fsp3) is 0.182. The van der Waals surface area contributed by atoms with Crippen molar-refractivity contribution in [1.29, 1.82) is 0 Å². The summed E-state index contributed by atoms with van der Waals surface area (Å²) in [4.78, 5) is 8.98. The Labute approximate surface area is 157 Å². The summed E-state index contributed by atoms with van der Waals surface area (Å²) in [6, 6.07) is 14.8. The van der Waals surface area contributed by atoms with E-state index >= 15 is 0 Å². The van der Waals surface area contributed by atoms with Crippen LogP contribution in [0.15, 0.2) is 54.9 Å². The van der Waals surface area contributed by atoms with Crippen molar-refractivity contribution >= 4 is 22.5 Å². The SMILES string of the molecule is CCc1ccc(Nc2ncnc3c2c(C)c(C)n3-c2ccc(F)cc2)cc1. The standard InChI is InChI=1S/C22H21FN4/c1-4-16-5-9-18(10-6-16)26-21-20-14(2)15(3)27(22(20)25-13-24-21)19-11-7-17(23)8-12-19/h5-13H,4H2,1-3H3,(H,24,25,26). The average Bonchev–Trinajstić information content (AvgIpc) is 2.95. The first-order valence-electron chi connectivity index (χ1n) is 9.03. The van der Waals surface area contributed by atoms with Crippen LogP contribution in [0, 0.1) is 19.7 Å². The third kappa shape index (κ3) is 3.05. The van der Waals surface area contributed by atoms with Crippen LogP contribution in [0.4, 0.5) is 15.9 Å². The molecule has 1 N–H and O–H groups in total. The van der Waals surface area contributed by atoms with Crippen molar-refractivity contribution in [3.8, 4) is 5.69 Å². The molecule has 136 valence electrons. The average molecular weight is 360 g/mol. The lowest BCUT2D eigenvalue weighted by Crippen LogP contribution is -1.99. The number of hydrogen-bond acceptors (Lipinski definition) is 3. The van der Waals surface area contributed by atoms with Crippen LogP contribution in [0.5, 0.6) is 0 Å². The van der Waals surface area contributed by atoms with Gasteiger partial charge in [0.05, 0.1) is 5.39 Å². The number of halogens is 1. The fourth-order valence-electron chi connectivity index (χ4n) is 3.36. The minimum absolute atomic E-state index is 0.253. The summed E-state index contributed by atoms with van der Waals surface area (Å²) in [6.45, 7) is 6.24. The van der Waals surface area contributed by atoms with Gasteiger partial charge in [0.1, 0.15) is 18.0 Å². The minimum atomic E-state index is -0.253. The Bertz CT molecular complexity index is 1100. The molecular weight excluding hydrogens is 339 g/mol. The van der Waals surface area contributed by atoms with Crippen molar-refractivity contribution < 1.29 is 4.39 Å². The largest absolute Gasteiger partial charge is 0.340 e. The third-order valence-electron chi connectivity index (χ3n) is 5.00. The molecule has 2 heterocycles. The number of fused-ring (bicyclic) bond motifs is 1. The smallest absolute Gasteiger partial charge is 0.150 e. The number of aromatic nitrogens is 3. The van der Waals surface area contributed by atoms with Crippen LogP contribution in [0.2, 0.25) is 0 Å². The van der Waals surface area contributed by atoms with Gasteiger partial charge in [-0.15, -0.1) is 0 Å². The summed E-state index contributed by atoms with van der Waals surface area (Å²) in [5.41, 5.74) is 6.12. The molecule has 2 aromatic heterocycles. The van der Waals surface area contributed by atoms with E-state index in [2.05, 4.69) is 53.4 Å².